The summed E-state index contributed by atoms with van der Waals surface area (Å²) in [5, 5.41) is 23.0. The van der Waals surface area contributed by atoms with E-state index >= 15 is 0 Å². The first-order chi connectivity index (χ1) is 8.59. The average molecular weight is 251 g/mol. The average Bonchev–Trinajstić information content (AvgIpc) is 2.39. The number of hydrogen-bond donors (Lipinski definition) is 2. The summed E-state index contributed by atoms with van der Waals surface area (Å²) in [4.78, 5) is 23.2. The molecule has 0 spiro atoms. The molecule has 0 saturated carbocycles. The molecule has 0 amide bonds. The Morgan fingerprint density at radius 1 is 1.39 bits per heavy atom. The van der Waals surface area contributed by atoms with Crippen LogP contribution in [0.15, 0.2) is 18.2 Å². The molecule has 1 saturated heterocycles. The van der Waals surface area contributed by atoms with Crippen LogP contribution in [-0.4, -0.2) is 42.2 Å². The van der Waals surface area contributed by atoms with Crippen molar-refractivity contribution >= 4 is 17.3 Å². The largest absolute Gasteiger partial charge is 0.478 e. The van der Waals surface area contributed by atoms with Gasteiger partial charge in [-0.3, -0.25) is 10.1 Å². The Hall–Kier alpha value is -2.15. The normalized spacial score (nSPS) is 15.4. The fourth-order valence-electron chi connectivity index (χ4n) is 1.97. The van der Waals surface area contributed by atoms with Gasteiger partial charge in [0.2, 0.25) is 0 Å². The number of nitro groups is 1. The van der Waals surface area contributed by atoms with Crippen molar-refractivity contribution in [3.8, 4) is 0 Å². The maximum Gasteiger partial charge on any atom is 0.335 e. The van der Waals surface area contributed by atoms with E-state index in [1.165, 1.54) is 18.2 Å². The zero-order chi connectivity index (χ0) is 13.1. The molecule has 2 rings (SSSR count). The van der Waals surface area contributed by atoms with Crippen molar-refractivity contribution in [2.24, 2.45) is 0 Å². The van der Waals surface area contributed by atoms with E-state index < -0.39 is 10.9 Å². The molecule has 1 aromatic carbocycles. The van der Waals surface area contributed by atoms with E-state index in [2.05, 4.69) is 5.32 Å². The van der Waals surface area contributed by atoms with Gasteiger partial charge in [0.05, 0.1) is 10.5 Å². The number of benzene rings is 1. The number of piperazine rings is 1. The Balaban J connectivity index is 2.42. The number of nitro benzene ring substituents is 1. The van der Waals surface area contributed by atoms with Crippen molar-refractivity contribution in [1.29, 1.82) is 0 Å². The maximum absolute atomic E-state index is 11.0. The lowest BCUT2D eigenvalue weighted by Gasteiger charge is -2.29. The number of carboxylic acid groups (broad SMARTS) is 1. The molecule has 2 N–H and O–H groups in total. The fourth-order valence-corrected chi connectivity index (χ4v) is 1.97. The highest BCUT2D eigenvalue weighted by atomic mass is 16.6. The molecule has 0 unspecified atom stereocenters. The molecule has 1 aliphatic rings. The van der Waals surface area contributed by atoms with E-state index in [1.807, 2.05) is 4.90 Å². The van der Waals surface area contributed by atoms with E-state index in [4.69, 9.17) is 5.11 Å². The molecule has 0 radical (unpaired) electrons. The molecule has 7 heteroatoms. The lowest BCUT2D eigenvalue weighted by Crippen LogP contribution is -2.43. The number of carboxylic acids is 1. The molecule has 1 aromatic rings. The van der Waals surface area contributed by atoms with Crippen LogP contribution >= 0.6 is 0 Å². The van der Waals surface area contributed by atoms with Gasteiger partial charge in [-0.05, 0) is 12.1 Å². The lowest BCUT2D eigenvalue weighted by atomic mass is 10.1. The summed E-state index contributed by atoms with van der Waals surface area (Å²) in [7, 11) is 0. The van der Waals surface area contributed by atoms with Gasteiger partial charge in [0.1, 0.15) is 5.69 Å². The number of anilines is 1. The quantitative estimate of drug-likeness (QED) is 0.606. The first-order valence-electron chi connectivity index (χ1n) is 5.57. The van der Waals surface area contributed by atoms with Gasteiger partial charge in [0.25, 0.3) is 5.69 Å². The standard InChI is InChI=1S/C11H13N3O4/c15-11(16)8-1-2-9(14(17)18)10(7-8)13-5-3-12-4-6-13/h1-2,7,12H,3-6H2,(H,15,16). The monoisotopic (exact) mass is 251 g/mol. The van der Waals surface area contributed by atoms with Crippen LogP contribution in [0.3, 0.4) is 0 Å². The van der Waals surface area contributed by atoms with Crippen LogP contribution in [0.1, 0.15) is 10.4 Å². The Morgan fingerprint density at radius 3 is 2.61 bits per heavy atom. The first kappa shape index (κ1) is 12.3. The maximum atomic E-state index is 11.0. The van der Waals surface area contributed by atoms with Gasteiger partial charge in [-0.1, -0.05) is 0 Å². The summed E-state index contributed by atoms with van der Waals surface area (Å²) >= 11 is 0. The fraction of sp³-hybridized carbons (Fsp3) is 0.364. The molecule has 1 fully saturated rings. The van der Waals surface area contributed by atoms with E-state index in [-0.39, 0.29) is 11.3 Å². The second kappa shape index (κ2) is 5.01. The van der Waals surface area contributed by atoms with Gasteiger partial charge < -0.3 is 15.3 Å². The minimum Gasteiger partial charge on any atom is -0.478 e. The van der Waals surface area contributed by atoms with Crippen molar-refractivity contribution in [1.82, 2.24) is 5.32 Å². The summed E-state index contributed by atoms with van der Waals surface area (Å²) in [6.07, 6.45) is 0. The van der Waals surface area contributed by atoms with Gasteiger partial charge in [-0.2, -0.15) is 0 Å². The highest BCUT2D eigenvalue weighted by Crippen LogP contribution is 2.29. The molecule has 0 bridgehead atoms. The van der Waals surface area contributed by atoms with Crippen LogP contribution < -0.4 is 10.2 Å². The van der Waals surface area contributed by atoms with E-state index in [9.17, 15) is 14.9 Å². The Kier molecular flexibility index (Phi) is 3.42. The van der Waals surface area contributed by atoms with E-state index in [0.717, 1.165) is 13.1 Å². The summed E-state index contributed by atoms with van der Waals surface area (Å²) in [6.45, 7) is 2.72. The molecule has 1 heterocycles. The molecule has 18 heavy (non-hydrogen) atoms. The van der Waals surface area contributed by atoms with Crippen molar-refractivity contribution in [2.45, 2.75) is 0 Å². The highest BCUT2D eigenvalue weighted by Gasteiger charge is 2.22. The number of carbonyl (C=O) groups is 1. The summed E-state index contributed by atoms with van der Waals surface area (Å²) in [6, 6.07) is 3.87. The summed E-state index contributed by atoms with van der Waals surface area (Å²) in [5.74, 6) is -1.08. The molecule has 0 aliphatic carbocycles. The van der Waals surface area contributed by atoms with Crippen molar-refractivity contribution in [3.05, 3.63) is 33.9 Å². The molecule has 0 aromatic heterocycles. The smallest absolute Gasteiger partial charge is 0.335 e. The van der Waals surface area contributed by atoms with Crippen LogP contribution in [0.4, 0.5) is 11.4 Å². The van der Waals surface area contributed by atoms with Crippen molar-refractivity contribution < 1.29 is 14.8 Å². The van der Waals surface area contributed by atoms with Crippen LogP contribution in [0.25, 0.3) is 0 Å². The summed E-state index contributed by atoms with van der Waals surface area (Å²) in [5.41, 5.74) is 0.387. The number of aromatic carboxylic acids is 1. The van der Waals surface area contributed by atoms with Gasteiger partial charge in [0, 0.05) is 32.2 Å². The van der Waals surface area contributed by atoms with Crippen LogP contribution in [0, 0.1) is 10.1 Å². The number of nitrogens with zero attached hydrogens (tertiary/aromatic N) is 2. The molecule has 1 aliphatic heterocycles. The van der Waals surface area contributed by atoms with Crippen molar-refractivity contribution in [3.63, 3.8) is 0 Å². The van der Waals surface area contributed by atoms with Gasteiger partial charge >= 0.3 is 5.97 Å². The number of hydrogen-bond acceptors (Lipinski definition) is 5. The summed E-state index contributed by atoms with van der Waals surface area (Å²) < 4.78 is 0. The third kappa shape index (κ3) is 2.40. The second-order valence-electron chi connectivity index (χ2n) is 4.00. The Morgan fingerprint density at radius 2 is 2.06 bits per heavy atom. The van der Waals surface area contributed by atoms with Crippen LogP contribution in [0.2, 0.25) is 0 Å². The Labute approximate surface area is 103 Å². The van der Waals surface area contributed by atoms with E-state index in [1.54, 1.807) is 0 Å². The Bertz CT molecular complexity index is 483. The van der Waals surface area contributed by atoms with Crippen molar-refractivity contribution in [2.75, 3.05) is 31.1 Å². The van der Waals surface area contributed by atoms with Gasteiger partial charge in [-0.25, -0.2) is 4.79 Å². The number of rotatable bonds is 3. The predicted molar refractivity (Wildman–Crippen MR) is 65.1 cm³/mol. The lowest BCUT2D eigenvalue weighted by molar-refractivity contribution is -0.384. The third-order valence-electron chi connectivity index (χ3n) is 2.88. The number of nitrogens with one attached hydrogen (secondary N) is 1. The zero-order valence-electron chi connectivity index (χ0n) is 9.63. The third-order valence-corrected chi connectivity index (χ3v) is 2.88. The molecule has 7 nitrogen and oxygen atoms in total. The SMILES string of the molecule is O=C(O)c1ccc([N+](=O)[O-])c(N2CCNCC2)c1. The molecule has 0 atom stereocenters. The highest BCUT2D eigenvalue weighted by molar-refractivity contribution is 5.90. The van der Waals surface area contributed by atoms with Gasteiger partial charge in [0.15, 0.2) is 0 Å². The van der Waals surface area contributed by atoms with Crippen LogP contribution in [-0.2, 0) is 0 Å². The zero-order valence-corrected chi connectivity index (χ0v) is 9.63. The van der Waals surface area contributed by atoms with E-state index in [0.29, 0.717) is 18.8 Å². The minimum atomic E-state index is -1.08. The van der Waals surface area contributed by atoms with Crippen LogP contribution in [0.5, 0.6) is 0 Å². The topological polar surface area (TPSA) is 95.7 Å². The van der Waals surface area contributed by atoms with Gasteiger partial charge in [-0.15, -0.1) is 0 Å². The molecular weight excluding hydrogens is 238 g/mol. The minimum absolute atomic E-state index is 0.0538. The second-order valence-corrected chi connectivity index (χ2v) is 4.00. The first-order valence-corrected chi connectivity index (χ1v) is 5.57. The molecular formula is C11H13N3O4. The predicted octanol–water partition coefficient (Wildman–Crippen LogP) is 0.703. The molecule has 96 valence electrons.